The van der Waals surface area contributed by atoms with E-state index in [9.17, 15) is 4.39 Å². The number of halogens is 1. The zero-order valence-corrected chi connectivity index (χ0v) is 12.3. The smallest absolute Gasteiger partial charge is 0.123 e. The third-order valence-corrected chi connectivity index (χ3v) is 3.51. The minimum atomic E-state index is -0.133. The lowest BCUT2D eigenvalue weighted by molar-refractivity contribution is 0.258. The third-order valence-electron chi connectivity index (χ3n) is 3.51. The number of benzene rings is 1. The highest BCUT2D eigenvalue weighted by Gasteiger charge is 2.23. The fourth-order valence-corrected chi connectivity index (χ4v) is 2.30. The number of hydrogen-bond donors (Lipinski definition) is 1. The van der Waals surface area contributed by atoms with E-state index in [0.29, 0.717) is 6.04 Å². The van der Waals surface area contributed by atoms with Crippen molar-refractivity contribution in [3.05, 3.63) is 35.1 Å². The van der Waals surface area contributed by atoms with E-state index in [0.717, 1.165) is 24.9 Å². The molecule has 0 aliphatic carbocycles. The van der Waals surface area contributed by atoms with Crippen LogP contribution in [0, 0.1) is 18.2 Å². The fourth-order valence-electron chi connectivity index (χ4n) is 2.30. The van der Waals surface area contributed by atoms with Crippen LogP contribution in [0.25, 0.3) is 0 Å². The summed E-state index contributed by atoms with van der Waals surface area (Å²) in [4.78, 5) is 0. The fraction of sp³-hybridized carbons (Fsp3) is 0.625. The monoisotopic (exact) mass is 251 g/mol. The molecule has 2 heteroatoms. The Labute approximate surface area is 111 Å². The van der Waals surface area contributed by atoms with Gasteiger partial charge in [-0.25, -0.2) is 4.39 Å². The van der Waals surface area contributed by atoms with Gasteiger partial charge in [0, 0.05) is 6.04 Å². The Bertz CT molecular complexity index is 379. The Morgan fingerprint density at radius 1 is 1.28 bits per heavy atom. The SMILES string of the molecule is CCNC(CCc1cc(F)ccc1C)C(C)(C)C. The van der Waals surface area contributed by atoms with Crippen LogP contribution in [0.4, 0.5) is 4.39 Å². The van der Waals surface area contributed by atoms with Gasteiger partial charge in [0.05, 0.1) is 0 Å². The Hall–Kier alpha value is -0.890. The van der Waals surface area contributed by atoms with E-state index >= 15 is 0 Å². The first kappa shape index (κ1) is 15.2. The molecule has 1 N–H and O–H groups in total. The summed E-state index contributed by atoms with van der Waals surface area (Å²) in [7, 11) is 0. The van der Waals surface area contributed by atoms with Crippen LogP contribution in [0.15, 0.2) is 18.2 Å². The second kappa shape index (κ2) is 6.33. The summed E-state index contributed by atoms with van der Waals surface area (Å²) in [6, 6.07) is 5.53. The molecule has 1 aromatic carbocycles. The molecule has 1 rings (SSSR count). The van der Waals surface area contributed by atoms with Crippen molar-refractivity contribution in [2.45, 2.75) is 53.5 Å². The van der Waals surface area contributed by atoms with E-state index in [1.165, 1.54) is 11.6 Å². The van der Waals surface area contributed by atoms with Crippen LogP contribution < -0.4 is 5.32 Å². The van der Waals surface area contributed by atoms with Crippen molar-refractivity contribution in [2.75, 3.05) is 6.54 Å². The van der Waals surface area contributed by atoms with Crippen molar-refractivity contribution in [2.24, 2.45) is 5.41 Å². The number of aryl methyl sites for hydroxylation is 2. The lowest BCUT2D eigenvalue weighted by Crippen LogP contribution is -2.40. The van der Waals surface area contributed by atoms with Gasteiger partial charge in [-0.3, -0.25) is 0 Å². The Kier molecular flexibility index (Phi) is 5.33. The maximum absolute atomic E-state index is 13.2. The van der Waals surface area contributed by atoms with Gasteiger partial charge in [0.1, 0.15) is 5.82 Å². The van der Waals surface area contributed by atoms with Crippen molar-refractivity contribution < 1.29 is 4.39 Å². The summed E-state index contributed by atoms with van der Waals surface area (Å²) in [5, 5.41) is 3.53. The molecule has 18 heavy (non-hydrogen) atoms. The molecule has 0 aliphatic heterocycles. The van der Waals surface area contributed by atoms with Crippen molar-refractivity contribution in [1.29, 1.82) is 0 Å². The summed E-state index contributed by atoms with van der Waals surface area (Å²) in [5.74, 6) is -0.133. The summed E-state index contributed by atoms with van der Waals surface area (Å²) in [6.45, 7) is 11.9. The van der Waals surface area contributed by atoms with Crippen LogP contribution in [-0.4, -0.2) is 12.6 Å². The molecule has 0 saturated carbocycles. The molecule has 0 saturated heterocycles. The van der Waals surface area contributed by atoms with Crippen molar-refractivity contribution in [3.8, 4) is 0 Å². The second-order valence-corrected chi connectivity index (χ2v) is 6.09. The van der Waals surface area contributed by atoms with Crippen LogP contribution in [0.3, 0.4) is 0 Å². The first-order chi connectivity index (χ1) is 8.34. The van der Waals surface area contributed by atoms with Gasteiger partial charge < -0.3 is 5.32 Å². The Balaban J connectivity index is 2.70. The quantitative estimate of drug-likeness (QED) is 0.831. The molecule has 1 nitrogen and oxygen atoms in total. The number of hydrogen-bond acceptors (Lipinski definition) is 1. The van der Waals surface area contributed by atoms with Gasteiger partial charge in [0.2, 0.25) is 0 Å². The molecule has 0 spiro atoms. The topological polar surface area (TPSA) is 12.0 Å². The van der Waals surface area contributed by atoms with Crippen LogP contribution >= 0.6 is 0 Å². The predicted molar refractivity (Wildman–Crippen MR) is 76.4 cm³/mol. The molecule has 0 fully saturated rings. The van der Waals surface area contributed by atoms with Crippen molar-refractivity contribution >= 4 is 0 Å². The molecule has 0 bridgehead atoms. The van der Waals surface area contributed by atoms with Gasteiger partial charge in [-0.1, -0.05) is 33.8 Å². The van der Waals surface area contributed by atoms with Crippen molar-refractivity contribution in [1.82, 2.24) is 5.32 Å². The zero-order chi connectivity index (χ0) is 13.8. The number of nitrogens with one attached hydrogen (secondary N) is 1. The van der Waals surface area contributed by atoms with E-state index in [-0.39, 0.29) is 11.2 Å². The Morgan fingerprint density at radius 2 is 1.94 bits per heavy atom. The molecular formula is C16H26FN. The summed E-state index contributed by atoms with van der Waals surface area (Å²) >= 11 is 0. The molecule has 1 unspecified atom stereocenters. The normalized spacial score (nSPS) is 13.7. The molecule has 1 atom stereocenters. The lowest BCUT2D eigenvalue weighted by atomic mass is 9.83. The van der Waals surface area contributed by atoms with Crippen LogP contribution in [-0.2, 0) is 6.42 Å². The predicted octanol–water partition coefficient (Wildman–Crippen LogP) is 4.09. The van der Waals surface area contributed by atoms with Gasteiger partial charge >= 0.3 is 0 Å². The highest BCUT2D eigenvalue weighted by atomic mass is 19.1. The van der Waals surface area contributed by atoms with E-state index in [2.05, 4.69) is 33.0 Å². The van der Waals surface area contributed by atoms with Crippen molar-refractivity contribution in [3.63, 3.8) is 0 Å². The van der Waals surface area contributed by atoms with E-state index in [1.807, 2.05) is 13.0 Å². The molecule has 0 heterocycles. The summed E-state index contributed by atoms with van der Waals surface area (Å²) in [6.07, 6.45) is 1.97. The zero-order valence-electron chi connectivity index (χ0n) is 12.3. The maximum Gasteiger partial charge on any atom is 0.123 e. The van der Waals surface area contributed by atoms with Crippen LogP contribution in [0.2, 0.25) is 0 Å². The lowest BCUT2D eigenvalue weighted by Gasteiger charge is -2.31. The highest BCUT2D eigenvalue weighted by Crippen LogP contribution is 2.24. The molecular weight excluding hydrogens is 225 g/mol. The molecule has 102 valence electrons. The second-order valence-electron chi connectivity index (χ2n) is 6.09. The minimum Gasteiger partial charge on any atom is -0.314 e. The Morgan fingerprint density at radius 3 is 2.50 bits per heavy atom. The highest BCUT2D eigenvalue weighted by molar-refractivity contribution is 5.26. The van der Waals surface area contributed by atoms with E-state index < -0.39 is 0 Å². The van der Waals surface area contributed by atoms with E-state index in [1.54, 1.807) is 6.07 Å². The molecule has 0 aromatic heterocycles. The molecule has 0 aliphatic rings. The average molecular weight is 251 g/mol. The largest absolute Gasteiger partial charge is 0.314 e. The van der Waals surface area contributed by atoms with Gasteiger partial charge in [-0.2, -0.15) is 0 Å². The standard InChI is InChI=1S/C16H26FN/c1-6-18-15(16(3,4)5)10-8-13-11-14(17)9-7-12(13)2/h7,9,11,15,18H,6,8,10H2,1-5H3. The third kappa shape index (κ3) is 4.41. The maximum atomic E-state index is 13.2. The van der Waals surface area contributed by atoms with Gasteiger partial charge in [-0.05, 0) is 55.0 Å². The first-order valence-corrected chi connectivity index (χ1v) is 6.83. The summed E-state index contributed by atoms with van der Waals surface area (Å²) < 4.78 is 13.2. The van der Waals surface area contributed by atoms with Gasteiger partial charge in [0.25, 0.3) is 0 Å². The molecule has 0 amide bonds. The van der Waals surface area contributed by atoms with Gasteiger partial charge in [0.15, 0.2) is 0 Å². The number of rotatable bonds is 5. The summed E-state index contributed by atoms with van der Waals surface area (Å²) in [5.41, 5.74) is 2.54. The van der Waals surface area contributed by atoms with E-state index in [4.69, 9.17) is 0 Å². The van der Waals surface area contributed by atoms with Crippen LogP contribution in [0.5, 0.6) is 0 Å². The van der Waals surface area contributed by atoms with Gasteiger partial charge in [-0.15, -0.1) is 0 Å². The molecule has 0 radical (unpaired) electrons. The first-order valence-electron chi connectivity index (χ1n) is 6.83. The minimum absolute atomic E-state index is 0.133. The van der Waals surface area contributed by atoms with Crippen LogP contribution in [0.1, 0.15) is 45.2 Å². The average Bonchev–Trinajstić information content (AvgIpc) is 2.27. The molecule has 1 aromatic rings.